The van der Waals surface area contributed by atoms with Crippen molar-refractivity contribution in [2.24, 2.45) is 5.73 Å². The molecule has 0 bridgehead atoms. The molecule has 0 aliphatic heterocycles. The Morgan fingerprint density at radius 1 is 1.54 bits per heavy atom. The van der Waals surface area contributed by atoms with E-state index in [9.17, 15) is 0 Å². The van der Waals surface area contributed by atoms with Crippen LogP contribution in [0, 0.1) is 0 Å². The molecule has 13 heavy (non-hydrogen) atoms. The average molecular weight is 239 g/mol. The number of hydrogen-bond donors (Lipinski definition) is 2. The van der Waals surface area contributed by atoms with Crippen molar-refractivity contribution in [2.45, 2.75) is 0 Å². The fourth-order valence-corrected chi connectivity index (χ4v) is 1.39. The van der Waals surface area contributed by atoms with Gasteiger partial charge in [-0.05, 0) is 18.3 Å². The second kappa shape index (κ2) is 4.72. The molecule has 0 amide bonds. The van der Waals surface area contributed by atoms with Crippen LogP contribution < -0.4 is 11.1 Å². The summed E-state index contributed by atoms with van der Waals surface area (Å²) < 4.78 is 1.02. The second-order valence-electron chi connectivity index (χ2n) is 2.44. The maximum Gasteiger partial charge on any atom is 0.0611 e. The standard InChI is InChI=1S/C10H11BrN2/c1-2-13-10(7-12)8-4-3-5-9(11)6-8/h2-7,13H,1,12H2/b10-7-. The Balaban J connectivity index is 2.98. The van der Waals surface area contributed by atoms with Gasteiger partial charge in [0, 0.05) is 16.2 Å². The Hall–Kier alpha value is -1.22. The van der Waals surface area contributed by atoms with Gasteiger partial charge < -0.3 is 11.1 Å². The van der Waals surface area contributed by atoms with Gasteiger partial charge in [-0.15, -0.1) is 0 Å². The van der Waals surface area contributed by atoms with Crippen molar-refractivity contribution in [3.63, 3.8) is 0 Å². The Labute approximate surface area is 86.3 Å². The summed E-state index contributed by atoms with van der Waals surface area (Å²) >= 11 is 3.39. The van der Waals surface area contributed by atoms with Gasteiger partial charge in [0.15, 0.2) is 0 Å². The highest BCUT2D eigenvalue weighted by Gasteiger charge is 1.98. The molecular formula is C10H11BrN2. The largest absolute Gasteiger partial charge is 0.403 e. The first-order valence-corrected chi connectivity index (χ1v) is 4.62. The Kier molecular flexibility index (Phi) is 3.58. The van der Waals surface area contributed by atoms with E-state index in [1.807, 2.05) is 24.3 Å². The zero-order chi connectivity index (χ0) is 9.68. The van der Waals surface area contributed by atoms with Crippen LogP contribution in [0.25, 0.3) is 5.70 Å². The van der Waals surface area contributed by atoms with Crippen LogP contribution in [0.3, 0.4) is 0 Å². The van der Waals surface area contributed by atoms with E-state index in [1.54, 1.807) is 6.20 Å². The van der Waals surface area contributed by atoms with Gasteiger partial charge in [0.25, 0.3) is 0 Å². The molecule has 3 N–H and O–H groups in total. The molecule has 0 saturated carbocycles. The van der Waals surface area contributed by atoms with E-state index in [1.165, 1.54) is 6.20 Å². The highest BCUT2D eigenvalue weighted by atomic mass is 79.9. The third-order valence-corrected chi connectivity index (χ3v) is 2.05. The molecule has 0 heterocycles. The summed E-state index contributed by atoms with van der Waals surface area (Å²) in [7, 11) is 0. The van der Waals surface area contributed by atoms with Crippen LogP contribution in [0.2, 0.25) is 0 Å². The zero-order valence-corrected chi connectivity index (χ0v) is 8.71. The van der Waals surface area contributed by atoms with E-state index in [0.717, 1.165) is 15.7 Å². The molecule has 3 heteroatoms. The molecule has 0 fully saturated rings. The van der Waals surface area contributed by atoms with Crippen molar-refractivity contribution in [3.05, 3.63) is 53.3 Å². The van der Waals surface area contributed by atoms with Crippen molar-refractivity contribution >= 4 is 21.6 Å². The fraction of sp³-hybridized carbons (Fsp3) is 0. The number of nitrogens with two attached hydrogens (primary N) is 1. The molecule has 0 atom stereocenters. The number of nitrogens with one attached hydrogen (secondary N) is 1. The summed E-state index contributed by atoms with van der Waals surface area (Å²) in [6.45, 7) is 3.58. The SMILES string of the molecule is C=CN/C(=C\N)c1cccc(Br)c1. The Bertz CT molecular complexity index is 331. The minimum atomic E-state index is 0.844. The molecule has 0 aliphatic carbocycles. The highest BCUT2D eigenvalue weighted by Crippen LogP contribution is 2.16. The molecule has 0 unspecified atom stereocenters. The van der Waals surface area contributed by atoms with Crippen LogP contribution >= 0.6 is 15.9 Å². The highest BCUT2D eigenvalue weighted by molar-refractivity contribution is 9.10. The van der Waals surface area contributed by atoms with E-state index in [2.05, 4.69) is 27.8 Å². The summed E-state index contributed by atoms with van der Waals surface area (Å²) in [5, 5.41) is 2.95. The predicted molar refractivity (Wildman–Crippen MR) is 59.6 cm³/mol. The third-order valence-electron chi connectivity index (χ3n) is 1.56. The van der Waals surface area contributed by atoms with Crippen LogP contribution in [0.4, 0.5) is 0 Å². The minimum absolute atomic E-state index is 0.844. The minimum Gasteiger partial charge on any atom is -0.403 e. The third kappa shape index (κ3) is 2.63. The maximum atomic E-state index is 5.45. The lowest BCUT2D eigenvalue weighted by molar-refractivity contribution is 1.21. The topological polar surface area (TPSA) is 38.0 Å². The summed E-state index contributed by atoms with van der Waals surface area (Å²) in [6.07, 6.45) is 3.11. The lowest BCUT2D eigenvalue weighted by Gasteiger charge is -2.06. The fourth-order valence-electron chi connectivity index (χ4n) is 0.994. The van der Waals surface area contributed by atoms with Crippen molar-refractivity contribution in [1.82, 2.24) is 5.32 Å². The molecule has 1 aromatic rings. The molecule has 0 aliphatic rings. The number of rotatable bonds is 3. The first kappa shape index (κ1) is 9.86. The number of halogens is 1. The molecular weight excluding hydrogens is 228 g/mol. The first-order valence-electron chi connectivity index (χ1n) is 3.83. The first-order chi connectivity index (χ1) is 6.27. The molecule has 68 valence electrons. The molecule has 1 aromatic carbocycles. The number of benzene rings is 1. The Morgan fingerprint density at radius 2 is 2.31 bits per heavy atom. The van der Waals surface area contributed by atoms with Crippen molar-refractivity contribution in [3.8, 4) is 0 Å². The van der Waals surface area contributed by atoms with E-state index in [4.69, 9.17) is 5.73 Å². The molecule has 0 saturated heterocycles. The molecule has 0 aromatic heterocycles. The van der Waals surface area contributed by atoms with Gasteiger partial charge in [0.05, 0.1) is 5.70 Å². The lowest BCUT2D eigenvalue weighted by Crippen LogP contribution is -2.05. The van der Waals surface area contributed by atoms with Gasteiger partial charge in [-0.25, -0.2) is 0 Å². The monoisotopic (exact) mass is 238 g/mol. The summed E-state index contributed by atoms with van der Waals surface area (Å²) in [5.41, 5.74) is 7.32. The predicted octanol–water partition coefficient (Wildman–Crippen LogP) is 2.44. The van der Waals surface area contributed by atoms with Gasteiger partial charge >= 0.3 is 0 Å². The maximum absolute atomic E-state index is 5.45. The van der Waals surface area contributed by atoms with Gasteiger partial charge in [0.1, 0.15) is 0 Å². The lowest BCUT2D eigenvalue weighted by atomic mass is 10.2. The summed E-state index contributed by atoms with van der Waals surface area (Å²) in [5.74, 6) is 0. The van der Waals surface area contributed by atoms with Crippen molar-refractivity contribution < 1.29 is 0 Å². The van der Waals surface area contributed by atoms with Gasteiger partial charge in [0.2, 0.25) is 0 Å². The van der Waals surface area contributed by atoms with E-state index in [0.29, 0.717) is 0 Å². The van der Waals surface area contributed by atoms with Crippen molar-refractivity contribution in [1.29, 1.82) is 0 Å². The molecule has 0 spiro atoms. The van der Waals surface area contributed by atoms with E-state index >= 15 is 0 Å². The van der Waals surface area contributed by atoms with E-state index < -0.39 is 0 Å². The quantitative estimate of drug-likeness (QED) is 0.850. The van der Waals surface area contributed by atoms with Crippen LogP contribution in [0.5, 0.6) is 0 Å². The van der Waals surface area contributed by atoms with Crippen LogP contribution in [0.1, 0.15) is 5.56 Å². The molecule has 0 radical (unpaired) electrons. The Morgan fingerprint density at radius 3 is 2.85 bits per heavy atom. The van der Waals surface area contributed by atoms with Crippen LogP contribution in [-0.2, 0) is 0 Å². The van der Waals surface area contributed by atoms with Gasteiger partial charge in [-0.3, -0.25) is 0 Å². The van der Waals surface area contributed by atoms with E-state index in [-0.39, 0.29) is 0 Å². The zero-order valence-electron chi connectivity index (χ0n) is 7.13. The van der Waals surface area contributed by atoms with Crippen LogP contribution in [-0.4, -0.2) is 0 Å². The van der Waals surface area contributed by atoms with Crippen LogP contribution in [0.15, 0.2) is 47.7 Å². The van der Waals surface area contributed by atoms with Gasteiger partial charge in [-0.1, -0.05) is 34.6 Å². The number of hydrogen-bond acceptors (Lipinski definition) is 2. The average Bonchev–Trinajstić information content (AvgIpc) is 2.14. The smallest absolute Gasteiger partial charge is 0.0611 e. The second-order valence-corrected chi connectivity index (χ2v) is 3.35. The molecule has 2 nitrogen and oxygen atoms in total. The normalized spacial score (nSPS) is 11.0. The summed E-state index contributed by atoms with van der Waals surface area (Å²) in [4.78, 5) is 0. The van der Waals surface area contributed by atoms with Gasteiger partial charge in [-0.2, -0.15) is 0 Å². The molecule has 1 rings (SSSR count). The van der Waals surface area contributed by atoms with Crippen molar-refractivity contribution in [2.75, 3.05) is 0 Å². The summed E-state index contributed by atoms with van der Waals surface area (Å²) in [6, 6.07) is 7.87.